The first-order valence-corrected chi connectivity index (χ1v) is 5.88. The molecule has 0 radical (unpaired) electrons. The summed E-state index contributed by atoms with van der Waals surface area (Å²) in [6, 6.07) is 11.7. The van der Waals surface area contributed by atoms with Gasteiger partial charge in [0.1, 0.15) is 0 Å². The average molecular weight is 233 g/mol. The molecule has 1 aromatic carbocycles. The topological polar surface area (TPSA) is 22.1 Å². The van der Waals surface area contributed by atoms with Crippen molar-refractivity contribution in [1.29, 1.82) is 0 Å². The molecule has 1 heterocycles. The van der Waals surface area contributed by atoms with Gasteiger partial charge in [-0.15, -0.1) is 0 Å². The molecular formula is C14H16FNO. The summed E-state index contributed by atoms with van der Waals surface area (Å²) in [5.74, 6) is 0.607. The van der Waals surface area contributed by atoms with Crippen LogP contribution in [0.3, 0.4) is 0 Å². The highest BCUT2D eigenvalue weighted by Gasteiger charge is 2.00. The van der Waals surface area contributed by atoms with Gasteiger partial charge in [0.25, 0.3) is 0 Å². The van der Waals surface area contributed by atoms with Crippen LogP contribution in [-0.2, 0) is 0 Å². The molecule has 0 amide bonds. The summed E-state index contributed by atoms with van der Waals surface area (Å²) < 4.78 is 18.1. The molecule has 1 atom stereocenters. The number of rotatable bonds is 5. The molecule has 17 heavy (non-hydrogen) atoms. The maximum atomic E-state index is 12.6. The van der Waals surface area contributed by atoms with Crippen LogP contribution in [0.25, 0.3) is 10.9 Å². The third-order valence-electron chi connectivity index (χ3n) is 2.57. The minimum absolute atomic E-state index is 0.513. The van der Waals surface area contributed by atoms with E-state index in [1.54, 1.807) is 6.92 Å². The number of aromatic nitrogens is 1. The highest BCUT2D eigenvalue weighted by atomic mass is 19.1. The van der Waals surface area contributed by atoms with Crippen molar-refractivity contribution >= 4 is 10.9 Å². The number of fused-ring (bicyclic) bond motifs is 1. The first-order valence-electron chi connectivity index (χ1n) is 5.88. The van der Waals surface area contributed by atoms with Crippen molar-refractivity contribution < 1.29 is 9.13 Å². The second-order valence-electron chi connectivity index (χ2n) is 4.11. The van der Waals surface area contributed by atoms with Gasteiger partial charge in [-0.1, -0.05) is 18.2 Å². The van der Waals surface area contributed by atoms with Gasteiger partial charge in [0.05, 0.1) is 18.3 Å². The molecule has 0 saturated heterocycles. The molecule has 0 aliphatic carbocycles. The van der Waals surface area contributed by atoms with Gasteiger partial charge in [-0.05, 0) is 31.9 Å². The average Bonchev–Trinajstić information content (AvgIpc) is 2.34. The van der Waals surface area contributed by atoms with Crippen LogP contribution in [-0.4, -0.2) is 17.8 Å². The lowest BCUT2D eigenvalue weighted by molar-refractivity contribution is 0.263. The lowest BCUT2D eigenvalue weighted by Gasteiger charge is -2.06. The number of alkyl halides is 1. The highest BCUT2D eigenvalue weighted by molar-refractivity contribution is 5.78. The molecule has 0 N–H and O–H groups in total. The molecule has 3 heteroatoms. The quantitative estimate of drug-likeness (QED) is 0.734. The first kappa shape index (κ1) is 11.8. The summed E-state index contributed by atoms with van der Waals surface area (Å²) in [5, 5.41) is 1.09. The van der Waals surface area contributed by atoms with E-state index in [4.69, 9.17) is 4.74 Å². The van der Waals surface area contributed by atoms with E-state index in [1.807, 2.05) is 36.4 Å². The Labute approximate surface area is 100 Å². The summed E-state index contributed by atoms with van der Waals surface area (Å²) >= 11 is 0. The van der Waals surface area contributed by atoms with Crippen molar-refractivity contribution in [2.24, 2.45) is 0 Å². The largest absolute Gasteiger partial charge is 0.478 e. The zero-order chi connectivity index (χ0) is 12.1. The fraction of sp³-hybridized carbons (Fsp3) is 0.357. The van der Waals surface area contributed by atoms with Crippen LogP contribution < -0.4 is 4.74 Å². The smallest absolute Gasteiger partial charge is 0.213 e. The Hall–Kier alpha value is -1.64. The van der Waals surface area contributed by atoms with Crippen LogP contribution in [0.5, 0.6) is 5.88 Å². The lowest BCUT2D eigenvalue weighted by atomic mass is 10.2. The van der Waals surface area contributed by atoms with Gasteiger partial charge in [-0.2, -0.15) is 0 Å². The molecule has 0 aliphatic heterocycles. The predicted molar refractivity (Wildman–Crippen MR) is 67.0 cm³/mol. The number of nitrogens with zero attached hydrogens (tertiary/aromatic N) is 1. The van der Waals surface area contributed by atoms with Gasteiger partial charge >= 0.3 is 0 Å². The van der Waals surface area contributed by atoms with E-state index in [0.717, 1.165) is 10.9 Å². The van der Waals surface area contributed by atoms with E-state index in [1.165, 1.54) is 0 Å². The highest BCUT2D eigenvalue weighted by Crippen LogP contribution is 2.16. The molecule has 0 unspecified atom stereocenters. The van der Waals surface area contributed by atoms with E-state index in [0.29, 0.717) is 25.3 Å². The molecule has 0 aliphatic rings. The number of halogens is 1. The fourth-order valence-electron chi connectivity index (χ4n) is 1.67. The van der Waals surface area contributed by atoms with Gasteiger partial charge in [0.2, 0.25) is 5.88 Å². The molecule has 0 saturated carbocycles. The van der Waals surface area contributed by atoms with Crippen LogP contribution in [0.1, 0.15) is 19.8 Å². The summed E-state index contributed by atoms with van der Waals surface area (Å²) in [5.41, 5.74) is 0.920. The number of para-hydroxylation sites is 1. The molecule has 0 spiro atoms. The van der Waals surface area contributed by atoms with E-state index in [-0.39, 0.29) is 0 Å². The molecule has 90 valence electrons. The second-order valence-corrected chi connectivity index (χ2v) is 4.11. The third-order valence-corrected chi connectivity index (χ3v) is 2.57. The molecule has 2 aromatic rings. The van der Waals surface area contributed by atoms with Crippen molar-refractivity contribution in [3.8, 4) is 5.88 Å². The predicted octanol–water partition coefficient (Wildman–Crippen LogP) is 3.75. The molecule has 2 rings (SSSR count). The Morgan fingerprint density at radius 2 is 2.06 bits per heavy atom. The first-order chi connectivity index (χ1) is 8.25. The molecule has 0 bridgehead atoms. The third kappa shape index (κ3) is 3.41. The Kier molecular flexibility index (Phi) is 3.91. The van der Waals surface area contributed by atoms with Gasteiger partial charge in [0, 0.05) is 11.5 Å². The van der Waals surface area contributed by atoms with Crippen LogP contribution in [0.15, 0.2) is 36.4 Å². The van der Waals surface area contributed by atoms with Crippen molar-refractivity contribution in [2.45, 2.75) is 25.9 Å². The number of pyridine rings is 1. The molecule has 0 fully saturated rings. The maximum absolute atomic E-state index is 12.6. The summed E-state index contributed by atoms with van der Waals surface area (Å²) in [4.78, 5) is 4.38. The van der Waals surface area contributed by atoms with Crippen LogP contribution in [0.4, 0.5) is 4.39 Å². The Balaban J connectivity index is 1.95. The molecule has 1 aromatic heterocycles. The van der Waals surface area contributed by atoms with Crippen molar-refractivity contribution in [2.75, 3.05) is 6.61 Å². The Bertz CT molecular complexity index is 484. The number of ether oxygens (including phenoxy) is 1. The van der Waals surface area contributed by atoms with Gasteiger partial charge < -0.3 is 4.74 Å². The van der Waals surface area contributed by atoms with E-state index in [9.17, 15) is 4.39 Å². The zero-order valence-corrected chi connectivity index (χ0v) is 9.90. The summed E-state index contributed by atoms with van der Waals surface area (Å²) in [6.07, 6.45) is 0.489. The summed E-state index contributed by atoms with van der Waals surface area (Å²) in [6.45, 7) is 2.08. The second kappa shape index (κ2) is 5.62. The minimum atomic E-state index is -0.761. The van der Waals surface area contributed by atoms with Crippen LogP contribution in [0, 0.1) is 0 Å². The van der Waals surface area contributed by atoms with Crippen LogP contribution >= 0.6 is 0 Å². The molecule has 2 nitrogen and oxygen atoms in total. The van der Waals surface area contributed by atoms with Crippen LogP contribution in [0.2, 0.25) is 0 Å². The number of hydrogen-bond acceptors (Lipinski definition) is 2. The van der Waals surface area contributed by atoms with Crippen molar-refractivity contribution in [3.63, 3.8) is 0 Å². The SMILES string of the molecule is C[C@H](F)CCCOc1ccc2ccccc2n1. The van der Waals surface area contributed by atoms with Crippen molar-refractivity contribution in [3.05, 3.63) is 36.4 Å². The standard InChI is InChI=1S/C14H16FNO/c1-11(15)5-4-10-17-14-9-8-12-6-2-3-7-13(12)16-14/h2-3,6-9,11H,4-5,10H2,1H3/t11-/m0/s1. The lowest BCUT2D eigenvalue weighted by Crippen LogP contribution is -2.02. The van der Waals surface area contributed by atoms with Gasteiger partial charge in [-0.3, -0.25) is 0 Å². The normalized spacial score (nSPS) is 12.6. The zero-order valence-electron chi connectivity index (χ0n) is 9.90. The molecular weight excluding hydrogens is 217 g/mol. The monoisotopic (exact) mass is 233 g/mol. The Morgan fingerprint density at radius 3 is 2.88 bits per heavy atom. The fourth-order valence-corrected chi connectivity index (χ4v) is 1.67. The minimum Gasteiger partial charge on any atom is -0.478 e. The van der Waals surface area contributed by atoms with E-state index < -0.39 is 6.17 Å². The number of hydrogen-bond donors (Lipinski definition) is 0. The number of benzene rings is 1. The van der Waals surface area contributed by atoms with Gasteiger partial charge in [0.15, 0.2) is 0 Å². The maximum Gasteiger partial charge on any atom is 0.213 e. The summed E-state index contributed by atoms with van der Waals surface area (Å²) in [7, 11) is 0. The Morgan fingerprint density at radius 1 is 1.24 bits per heavy atom. The van der Waals surface area contributed by atoms with Gasteiger partial charge in [-0.25, -0.2) is 9.37 Å². The van der Waals surface area contributed by atoms with Crippen molar-refractivity contribution in [1.82, 2.24) is 4.98 Å². The van der Waals surface area contributed by atoms with E-state index in [2.05, 4.69) is 4.98 Å². The van der Waals surface area contributed by atoms with E-state index >= 15 is 0 Å².